The van der Waals surface area contributed by atoms with Gasteiger partial charge < -0.3 is 10.1 Å². The van der Waals surface area contributed by atoms with Crippen molar-refractivity contribution in [3.05, 3.63) is 28.3 Å². The maximum Gasteiger partial charge on any atom is 0.273 e. The van der Waals surface area contributed by atoms with Crippen LogP contribution in [0, 0.1) is 16.0 Å². The smallest absolute Gasteiger partial charge is 0.273 e. The second-order valence-electron chi connectivity index (χ2n) is 4.32. The summed E-state index contributed by atoms with van der Waals surface area (Å²) in [6.07, 6.45) is 0. The van der Waals surface area contributed by atoms with Crippen LogP contribution in [-0.4, -0.2) is 18.1 Å². The van der Waals surface area contributed by atoms with Crippen LogP contribution in [0.5, 0.6) is 5.75 Å². The zero-order valence-corrected chi connectivity index (χ0v) is 10.6. The first-order valence-corrected chi connectivity index (χ1v) is 5.54. The van der Waals surface area contributed by atoms with Crippen LogP contribution in [0.3, 0.4) is 0 Å². The Bertz CT molecular complexity index is 405. The first-order valence-electron chi connectivity index (χ1n) is 5.54. The summed E-state index contributed by atoms with van der Waals surface area (Å²) in [6, 6.07) is 4.84. The van der Waals surface area contributed by atoms with E-state index >= 15 is 0 Å². The second kappa shape index (κ2) is 5.52. The lowest BCUT2D eigenvalue weighted by Gasteiger charge is -2.20. The van der Waals surface area contributed by atoms with Crippen molar-refractivity contribution in [2.45, 2.75) is 26.8 Å². The summed E-state index contributed by atoms with van der Waals surface area (Å²) in [7, 11) is 1.50. The topological polar surface area (TPSA) is 64.4 Å². The lowest BCUT2D eigenvalue weighted by atomic mass is 10.1. The van der Waals surface area contributed by atoms with Gasteiger partial charge in [-0.1, -0.05) is 13.8 Å². The zero-order valence-electron chi connectivity index (χ0n) is 10.6. The monoisotopic (exact) mass is 238 g/mol. The van der Waals surface area contributed by atoms with E-state index in [1.807, 2.05) is 0 Å². The third kappa shape index (κ3) is 3.34. The number of benzene rings is 1. The van der Waals surface area contributed by atoms with E-state index in [-0.39, 0.29) is 11.7 Å². The highest BCUT2D eigenvalue weighted by atomic mass is 16.6. The van der Waals surface area contributed by atoms with Gasteiger partial charge in [0.1, 0.15) is 5.75 Å². The molecule has 0 fully saturated rings. The summed E-state index contributed by atoms with van der Waals surface area (Å²) in [4.78, 5) is 10.2. The molecule has 0 aromatic heterocycles. The highest BCUT2D eigenvalue weighted by Crippen LogP contribution is 2.30. The number of methoxy groups -OCH3 is 1. The SMILES string of the molecule is COc1cc([N+](=O)[O-])ccc1NC(C)C(C)C. The Balaban J connectivity index is 2.96. The largest absolute Gasteiger partial charge is 0.494 e. The van der Waals surface area contributed by atoms with Gasteiger partial charge in [-0.25, -0.2) is 0 Å². The summed E-state index contributed by atoms with van der Waals surface area (Å²) in [5.74, 6) is 0.960. The first-order chi connectivity index (χ1) is 7.95. The normalized spacial score (nSPS) is 12.3. The fourth-order valence-electron chi connectivity index (χ4n) is 1.32. The quantitative estimate of drug-likeness (QED) is 0.632. The predicted molar refractivity (Wildman–Crippen MR) is 67.6 cm³/mol. The third-order valence-corrected chi connectivity index (χ3v) is 2.78. The number of hydrogen-bond acceptors (Lipinski definition) is 4. The fourth-order valence-corrected chi connectivity index (χ4v) is 1.32. The fraction of sp³-hybridized carbons (Fsp3) is 0.500. The minimum Gasteiger partial charge on any atom is -0.494 e. The lowest BCUT2D eigenvalue weighted by Crippen LogP contribution is -2.21. The van der Waals surface area contributed by atoms with Crippen molar-refractivity contribution in [1.29, 1.82) is 0 Å². The van der Waals surface area contributed by atoms with E-state index in [4.69, 9.17) is 4.74 Å². The summed E-state index contributed by atoms with van der Waals surface area (Å²) in [5.41, 5.74) is 0.809. The highest BCUT2D eigenvalue weighted by Gasteiger charge is 2.14. The van der Waals surface area contributed by atoms with Gasteiger partial charge in [0, 0.05) is 12.1 Å². The van der Waals surface area contributed by atoms with Crippen LogP contribution >= 0.6 is 0 Å². The van der Waals surface area contributed by atoms with E-state index in [1.54, 1.807) is 6.07 Å². The van der Waals surface area contributed by atoms with E-state index in [9.17, 15) is 10.1 Å². The van der Waals surface area contributed by atoms with Gasteiger partial charge in [0.05, 0.1) is 23.8 Å². The van der Waals surface area contributed by atoms with Crippen molar-refractivity contribution < 1.29 is 9.66 Å². The van der Waals surface area contributed by atoms with Crippen molar-refractivity contribution in [3.8, 4) is 5.75 Å². The number of non-ortho nitro benzene ring substituents is 1. The molecule has 0 bridgehead atoms. The summed E-state index contributed by atoms with van der Waals surface area (Å²) in [5, 5.41) is 13.9. The van der Waals surface area contributed by atoms with Crippen LogP contribution in [0.25, 0.3) is 0 Å². The second-order valence-corrected chi connectivity index (χ2v) is 4.32. The van der Waals surface area contributed by atoms with Gasteiger partial charge in [-0.05, 0) is 18.9 Å². The summed E-state index contributed by atoms with van der Waals surface area (Å²) >= 11 is 0. The molecular weight excluding hydrogens is 220 g/mol. The average Bonchev–Trinajstić information content (AvgIpc) is 2.28. The number of nitrogens with zero attached hydrogens (tertiary/aromatic N) is 1. The molecule has 94 valence electrons. The summed E-state index contributed by atoms with van der Waals surface area (Å²) < 4.78 is 5.15. The number of ether oxygens (including phenoxy) is 1. The highest BCUT2D eigenvalue weighted by molar-refractivity contribution is 5.61. The number of hydrogen-bond donors (Lipinski definition) is 1. The molecule has 0 radical (unpaired) electrons. The Morgan fingerprint density at radius 1 is 1.35 bits per heavy atom. The minimum absolute atomic E-state index is 0.0320. The molecule has 0 heterocycles. The Morgan fingerprint density at radius 3 is 2.47 bits per heavy atom. The third-order valence-electron chi connectivity index (χ3n) is 2.78. The molecule has 0 aliphatic carbocycles. The molecular formula is C12H18N2O3. The van der Waals surface area contributed by atoms with E-state index in [0.717, 1.165) is 5.69 Å². The summed E-state index contributed by atoms with van der Waals surface area (Å²) in [6.45, 7) is 6.27. The predicted octanol–water partition coefficient (Wildman–Crippen LogP) is 3.06. The first kappa shape index (κ1) is 13.3. The van der Waals surface area contributed by atoms with Crippen molar-refractivity contribution in [2.75, 3.05) is 12.4 Å². The Morgan fingerprint density at radius 2 is 2.00 bits per heavy atom. The number of anilines is 1. The molecule has 0 aliphatic heterocycles. The van der Waals surface area contributed by atoms with Crippen LogP contribution in [-0.2, 0) is 0 Å². The molecule has 5 nitrogen and oxygen atoms in total. The molecule has 0 saturated heterocycles. The van der Waals surface area contributed by atoms with Gasteiger partial charge in [0.2, 0.25) is 0 Å². The van der Waals surface area contributed by atoms with E-state index < -0.39 is 4.92 Å². The van der Waals surface area contributed by atoms with Crippen molar-refractivity contribution in [3.63, 3.8) is 0 Å². The van der Waals surface area contributed by atoms with Crippen LogP contribution in [0.15, 0.2) is 18.2 Å². The number of nitrogens with one attached hydrogen (secondary N) is 1. The van der Waals surface area contributed by atoms with Gasteiger partial charge in [0.15, 0.2) is 0 Å². The number of nitro benzene ring substituents is 1. The molecule has 1 aromatic carbocycles. The molecule has 1 unspecified atom stereocenters. The van der Waals surface area contributed by atoms with Crippen molar-refractivity contribution in [2.24, 2.45) is 5.92 Å². The Labute approximate surface area is 101 Å². The molecule has 1 rings (SSSR count). The van der Waals surface area contributed by atoms with Crippen LogP contribution < -0.4 is 10.1 Å². The van der Waals surface area contributed by atoms with Crippen molar-refractivity contribution in [1.82, 2.24) is 0 Å². The van der Waals surface area contributed by atoms with Gasteiger partial charge in [-0.2, -0.15) is 0 Å². The molecule has 0 aliphatic rings. The molecule has 1 aromatic rings. The number of nitro groups is 1. The van der Waals surface area contributed by atoms with Gasteiger partial charge in [-0.3, -0.25) is 10.1 Å². The Hall–Kier alpha value is -1.78. The maximum absolute atomic E-state index is 10.6. The number of rotatable bonds is 5. The molecule has 5 heteroatoms. The van der Waals surface area contributed by atoms with Crippen molar-refractivity contribution >= 4 is 11.4 Å². The minimum atomic E-state index is -0.432. The van der Waals surface area contributed by atoms with Crippen LogP contribution in [0.1, 0.15) is 20.8 Å². The van der Waals surface area contributed by atoms with Crippen LogP contribution in [0.4, 0.5) is 11.4 Å². The standard InChI is InChI=1S/C12H18N2O3/c1-8(2)9(3)13-11-6-5-10(14(15)16)7-12(11)17-4/h5-9,13H,1-4H3. The van der Waals surface area contributed by atoms with Gasteiger partial charge >= 0.3 is 0 Å². The molecule has 1 N–H and O–H groups in total. The molecule has 17 heavy (non-hydrogen) atoms. The lowest BCUT2D eigenvalue weighted by molar-refractivity contribution is -0.384. The average molecular weight is 238 g/mol. The maximum atomic E-state index is 10.6. The zero-order chi connectivity index (χ0) is 13.0. The van der Waals surface area contributed by atoms with Gasteiger partial charge in [0.25, 0.3) is 5.69 Å². The van der Waals surface area contributed by atoms with Crippen LogP contribution in [0.2, 0.25) is 0 Å². The molecule has 0 spiro atoms. The molecule has 0 amide bonds. The van der Waals surface area contributed by atoms with E-state index in [2.05, 4.69) is 26.1 Å². The Kier molecular flexibility index (Phi) is 4.31. The molecule has 1 atom stereocenters. The van der Waals surface area contributed by atoms with E-state index in [1.165, 1.54) is 19.2 Å². The van der Waals surface area contributed by atoms with E-state index in [0.29, 0.717) is 11.7 Å². The van der Waals surface area contributed by atoms with Gasteiger partial charge in [-0.15, -0.1) is 0 Å². The molecule has 0 saturated carbocycles.